The quantitative estimate of drug-likeness (QED) is 0.864. The molecule has 0 saturated heterocycles. The summed E-state index contributed by atoms with van der Waals surface area (Å²) in [6.07, 6.45) is 4.02. The zero-order valence-corrected chi connectivity index (χ0v) is 14.3. The van der Waals surface area contributed by atoms with Gasteiger partial charge in [-0.05, 0) is 59.9 Å². The Morgan fingerprint density at radius 2 is 1.91 bits per heavy atom. The van der Waals surface area contributed by atoms with Gasteiger partial charge in [0.2, 0.25) is 5.91 Å². The number of nitrogens with one attached hydrogen (secondary N) is 1. The molecule has 1 aliphatic rings. The van der Waals surface area contributed by atoms with Crippen molar-refractivity contribution in [3.8, 4) is 0 Å². The number of aryl methyl sites for hydroxylation is 3. The van der Waals surface area contributed by atoms with Crippen molar-refractivity contribution in [3.05, 3.63) is 64.2 Å². The van der Waals surface area contributed by atoms with Gasteiger partial charge in [-0.15, -0.1) is 0 Å². The zero-order chi connectivity index (χ0) is 16.4. The fraction of sp³-hybridized carbons (Fsp3) is 0.381. The van der Waals surface area contributed by atoms with Crippen LogP contribution in [-0.4, -0.2) is 5.91 Å². The summed E-state index contributed by atoms with van der Waals surface area (Å²) in [5.41, 5.74) is 7.30. The molecule has 1 amide bonds. The molecule has 1 N–H and O–H groups in total. The first-order valence-corrected chi connectivity index (χ1v) is 8.54. The lowest BCUT2D eigenvalue weighted by molar-refractivity contribution is -0.115. The predicted octanol–water partition coefficient (Wildman–Crippen LogP) is 4.79. The van der Waals surface area contributed by atoms with Gasteiger partial charge in [-0.1, -0.05) is 50.2 Å². The molecule has 3 rings (SSSR count). The van der Waals surface area contributed by atoms with Gasteiger partial charge in [-0.25, -0.2) is 0 Å². The molecule has 0 aromatic heterocycles. The van der Waals surface area contributed by atoms with E-state index in [1.54, 1.807) is 0 Å². The Kier molecular flexibility index (Phi) is 4.51. The van der Waals surface area contributed by atoms with E-state index in [0.29, 0.717) is 12.3 Å². The summed E-state index contributed by atoms with van der Waals surface area (Å²) in [4.78, 5) is 12.5. The van der Waals surface area contributed by atoms with E-state index in [4.69, 9.17) is 0 Å². The second-order valence-electron chi connectivity index (χ2n) is 6.88. The highest BCUT2D eigenvalue weighted by Gasteiger charge is 2.14. The van der Waals surface area contributed by atoms with Gasteiger partial charge in [0.25, 0.3) is 0 Å². The maximum absolute atomic E-state index is 12.5. The number of hydrogen-bond acceptors (Lipinski definition) is 1. The highest BCUT2D eigenvalue weighted by atomic mass is 16.1. The van der Waals surface area contributed by atoms with E-state index >= 15 is 0 Å². The predicted molar refractivity (Wildman–Crippen MR) is 96.1 cm³/mol. The van der Waals surface area contributed by atoms with E-state index in [9.17, 15) is 4.79 Å². The number of carbonyl (C=O) groups is 1. The molecule has 0 spiro atoms. The number of benzene rings is 2. The van der Waals surface area contributed by atoms with Gasteiger partial charge in [0.1, 0.15) is 0 Å². The van der Waals surface area contributed by atoms with Crippen molar-refractivity contribution in [2.75, 3.05) is 5.32 Å². The molecular weight excluding hydrogens is 282 g/mol. The monoisotopic (exact) mass is 307 g/mol. The van der Waals surface area contributed by atoms with Crippen LogP contribution in [0.4, 0.5) is 5.69 Å². The van der Waals surface area contributed by atoms with Crippen LogP contribution in [-0.2, 0) is 24.1 Å². The summed E-state index contributed by atoms with van der Waals surface area (Å²) < 4.78 is 0. The Morgan fingerprint density at radius 1 is 1.13 bits per heavy atom. The van der Waals surface area contributed by atoms with Crippen molar-refractivity contribution in [2.45, 2.75) is 52.4 Å². The summed E-state index contributed by atoms with van der Waals surface area (Å²) in [5.74, 6) is 0.462. The van der Waals surface area contributed by atoms with Gasteiger partial charge in [0.15, 0.2) is 0 Å². The van der Waals surface area contributed by atoms with Crippen LogP contribution in [0.5, 0.6) is 0 Å². The average molecular weight is 307 g/mol. The number of para-hydroxylation sites is 1. The van der Waals surface area contributed by atoms with Crippen LogP contribution in [0.3, 0.4) is 0 Å². The Labute approximate surface area is 138 Å². The third-order valence-corrected chi connectivity index (χ3v) is 4.72. The molecule has 0 atom stereocenters. The molecule has 120 valence electrons. The van der Waals surface area contributed by atoms with Gasteiger partial charge in [-0.2, -0.15) is 0 Å². The van der Waals surface area contributed by atoms with E-state index in [1.807, 2.05) is 0 Å². The molecule has 2 nitrogen and oxygen atoms in total. The average Bonchev–Trinajstić information content (AvgIpc) is 2.96. The molecule has 0 radical (unpaired) electrons. The first-order valence-electron chi connectivity index (χ1n) is 8.54. The summed E-state index contributed by atoms with van der Waals surface area (Å²) >= 11 is 0. The fourth-order valence-electron chi connectivity index (χ4n) is 3.45. The zero-order valence-electron chi connectivity index (χ0n) is 14.3. The third kappa shape index (κ3) is 3.47. The summed E-state index contributed by atoms with van der Waals surface area (Å²) in [6.45, 7) is 6.37. The van der Waals surface area contributed by atoms with Crippen LogP contribution in [0.2, 0.25) is 0 Å². The van der Waals surface area contributed by atoms with E-state index in [2.05, 4.69) is 62.5 Å². The number of anilines is 1. The summed E-state index contributed by atoms with van der Waals surface area (Å²) in [5, 5.41) is 3.14. The van der Waals surface area contributed by atoms with Crippen molar-refractivity contribution >= 4 is 11.6 Å². The minimum atomic E-state index is 0.0687. The van der Waals surface area contributed by atoms with Crippen LogP contribution >= 0.6 is 0 Å². The Hall–Kier alpha value is -2.09. The number of amides is 1. The topological polar surface area (TPSA) is 29.1 Å². The molecule has 0 unspecified atom stereocenters. The first kappa shape index (κ1) is 15.8. The highest BCUT2D eigenvalue weighted by Crippen LogP contribution is 2.28. The van der Waals surface area contributed by atoms with Crippen molar-refractivity contribution in [2.24, 2.45) is 0 Å². The minimum Gasteiger partial charge on any atom is -0.325 e. The molecule has 0 fully saturated rings. The number of hydrogen-bond donors (Lipinski definition) is 1. The van der Waals surface area contributed by atoms with Crippen LogP contribution in [0.15, 0.2) is 36.4 Å². The summed E-state index contributed by atoms with van der Waals surface area (Å²) in [7, 11) is 0. The first-order chi connectivity index (χ1) is 11.0. The highest BCUT2D eigenvalue weighted by molar-refractivity contribution is 5.94. The van der Waals surface area contributed by atoms with Crippen molar-refractivity contribution < 1.29 is 4.79 Å². The normalized spacial score (nSPS) is 13.2. The molecule has 0 bridgehead atoms. The second-order valence-corrected chi connectivity index (χ2v) is 6.88. The molecule has 23 heavy (non-hydrogen) atoms. The van der Waals surface area contributed by atoms with Gasteiger partial charge >= 0.3 is 0 Å². The van der Waals surface area contributed by atoms with Crippen LogP contribution in [0, 0.1) is 6.92 Å². The maximum Gasteiger partial charge on any atom is 0.228 e. The molecule has 1 aliphatic carbocycles. The lowest BCUT2D eigenvalue weighted by Crippen LogP contribution is -2.17. The molecule has 2 aromatic rings. The Bertz CT molecular complexity index is 731. The molecule has 0 heterocycles. The smallest absolute Gasteiger partial charge is 0.228 e. The SMILES string of the molecule is Cc1cccc(C(C)C)c1NC(=O)Cc1ccc2c(c1)CCC2. The van der Waals surface area contributed by atoms with Crippen molar-refractivity contribution in [1.29, 1.82) is 0 Å². The van der Waals surface area contributed by atoms with Crippen molar-refractivity contribution in [3.63, 3.8) is 0 Å². The number of carbonyl (C=O) groups excluding carboxylic acids is 1. The van der Waals surface area contributed by atoms with Crippen LogP contribution in [0.25, 0.3) is 0 Å². The lowest BCUT2D eigenvalue weighted by Gasteiger charge is -2.16. The van der Waals surface area contributed by atoms with Crippen molar-refractivity contribution in [1.82, 2.24) is 0 Å². The molecule has 0 saturated carbocycles. The number of rotatable bonds is 4. The Morgan fingerprint density at radius 3 is 2.70 bits per heavy atom. The minimum absolute atomic E-state index is 0.0687. The molecule has 2 heteroatoms. The molecular formula is C21H25NO. The van der Waals surface area contributed by atoms with Gasteiger partial charge in [0.05, 0.1) is 6.42 Å². The van der Waals surface area contributed by atoms with Gasteiger partial charge < -0.3 is 5.32 Å². The van der Waals surface area contributed by atoms with E-state index in [1.165, 1.54) is 29.5 Å². The Balaban J connectivity index is 1.75. The summed E-state index contributed by atoms with van der Waals surface area (Å²) in [6, 6.07) is 12.7. The maximum atomic E-state index is 12.5. The van der Waals surface area contributed by atoms with E-state index in [-0.39, 0.29) is 5.91 Å². The standard InChI is InChI=1S/C21H25NO/c1-14(2)19-9-4-6-15(3)21(19)22-20(23)13-16-10-11-17-7-5-8-18(17)12-16/h4,6,9-12,14H,5,7-8,13H2,1-3H3,(H,22,23). The number of fused-ring (bicyclic) bond motifs is 1. The van der Waals surface area contributed by atoms with Gasteiger partial charge in [-0.3, -0.25) is 4.79 Å². The third-order valence-electron chi connectivity index (χ3n) is 4.72. The van der Waals surface area contributed by atoms with Gasteiger partial charge in [0, 0.05) is 5.69 Å². The van der Waals surface area contributed by atoms with E-state index < -0.39 is 0 Å². The molecule has 2 aromatic carbocycles. The lowest BCUT2D eigenvalue weighted by atomic mass is 9.98. The molecule has 0 aliphatic heterocycles. The van der Waals surface area contributed by atoms with Crippen LogP contribution in [0.1, 0.15) is 54.0 Å². The second kappa shape index (κ2) is 6.57. The van der Waals surface area contributed by atoms with E-state index in [0.717, 1.165) is 23.2 Å². The largest absolute Gasteiger partial charge is 0.325 e. The fourth-order valence-corrected chi connectivity index (χ4v) is 3.45. The van der Waals surface area contributed by atoms with Crippen LogP contribution < -0.4 is 5.32 Å².